The summed E-state index contributed by atoms with van der Waals surface area (Å²) < 4.78 is 27.4. The number of likely N-dealkylation sites (tertiary alicyclic amines) is 1. The smallest absolute Gasteiger partial charge is 0.328 e. The van der Waals surface area contributed by atoms with Crippen LogP contribution in [-0.4, -0.2) is 87.5 Å². The van der Waals surface area contributed by atoms with Crippen LogP contribution in [0.4, 0.5) is 0 Å². The maximum absolute atomic E-state index is 12.6. The molecule has 4 N–H and O–H groups in total. The number of thiol groups is 1. The fourth-order valence-electron chi connectivity index (χ4n) is 3.76. The van der Waals surface area contributed by atoms with Crippen molar-refractivity contribution in [3.05, 3.63) is 23.8 Å². The number of phenols is 2. The van der Waals surface area contributed by atoms with E-state index in [-0.39, 0.29) is 17.9 Å². The second kappa shape index (κ2) is 9.29. The number of hydrazone groups is 1. The number of carboxylic acid groups (broad SMARTS) is 1. The number of nitrogens with one attached hydrogen (secondary N) is 1. The highest BCUT2D eigenvalue weighted by atomic mass is 32.2. The minimum Gasteiger partial charge on any atom is -0.504 e. The molecule has 0 aromatic heterocycles. The number of nitrogens with zero attached hydrogens (tertiary/aromatic N) is 3. The molecule has 2 aliphatic rings. The van der Waals surface area contributed by atoms with Crippen molar-refractivity contribution in [3.63, 3.8) is 0 Å². The maximum Gasteiger partial charge on any atom is 0.328 e. The highest BCUT2D eigenvalue weighted by molar-refractivity contribution is 7.75. The Balaban J connectivity index is 1.80. The average Bonchev–Trinajstić information content (AvgIpc) is 3.14. The van der Waals surface area contributed by atoms with Gasteiger partial charge in [0.15, 0.2) is 34.3 Å². The number of aliphatic carboxylic acids is 1. The first-order valence-corrected chi connectivity index (χ1v) is 11.3. The summed E-state index contributed by atoms with van der Waals surface area (Å²) in [6, 6.07) is 0.800. The fourth-order valence-corrected chi connectivity index (χ4v) is 4.35. The second-order valence-corrected chi connectivity index (χ2v) is 9.67. The van der Waals surface area contributed by atoms with Crippen LogP contribution in [-0.2, 0) is 29.8 Å². The summed E-state index contributed by atoms with van der Waals surface area (Å²) in [4.78, 5) is 41.4. The molecule has 2 aliphatic heterocycles. The van der Waals surface area contributed by atoms with Gasteiger partial charge in [0.05, 0.1) is 5.56 Å². The van der Waals surface area contributed by atoms with Crippen molar-refractivity contribution < 1.29 is 42.9 Å². The number of aliphatic imine (C=N–C) groups is 1. The molecule has 0 radical (unpaired) electrons. The normalized spacial score (nSPS) is 24.8. The first-order valence-electron chi connectivity index (χ1n) is 10.2. The molecule has 1 aromatic rings. The molecule has 1 saturated heterocycles. The highest BCUT2D eigenvalue weighted by Gasteiger charge is 2.52. The molecule has 14 heteroatoms. The van der Waals surface area contributed by atoms with Gasteiger partial charge in [-0.25, -0.2) is 23.6 Å². The fraction of sp³-hybridized carbons (Fsp3) is 0.450. The molecule has 13 nitrogen and oxygen atoms in total. The van der Waals surface area contributed by atoms with Gasteiger partial charge in [0.1, 0.15) is 10.9 Å². The molecule has 1 aromatic carbocycles. The Labute approximate surface area is 195 Å². The van der Waals surface area contributed by atoms with E-state index < -0.39 is 69.0 Å². The van der Waals surface area contributed by atoms with Crippen LogP contribution in [0.2, 0.25) is 0 Å². The SMILES string of the molecule is C[C@@H]1CC(=O)N1[C@@H](C(=O)O)[C@](C)(/C=N/NC(=O)[C@H]1N=C(c2cccc(O)c2O)O[C@@H]1C)[SH](=O)=O. The predicted octanol–water partition coefficient (Wildman–Crippen LogP) is -0.822. The summed E-state index contributed by atoms with van der Waals surface area (Å²) in [7, 11) is -3.43. The molecule has 5 atom stereocenters. The van der Waals surface area contributed by atoms with Crippen molar-refractivity contribution in [1.29, 1.82) is 0 Å². The molecule has 0 unspecified atom stereocenters. The molecule has 2 amide bonds. The van der Waals surface area contributed by atoms with Gasteiger partial charge < -0.3 is 25.0 Å². The number of carbonyl (C=O) groups excluding carboxylic acids is 2. The number of aromatic hydroxyl groups is 2. The summed E-state index contributed by atoms with van der Waals surface area (Å²) in [5, 5.41) is 32.9. The Morgan fingerprint density at radius 3 is 2.59 bits per heavy atom. The highest BCUT2D eigenvalue weighted by Crippen LogP contribution is 2.32. The van der Waals surface area contributed by atoms with Crippen LogP contribution < -0.4 is 5.43 Å². The van der Waals surface area contributed by atoms with Gasteiger partial charge in [-0.05, 0) is 32.9 Å². The lowest BCUT2D eigenvalue weighted by Gasteiger charge is -2.45. The van der Waals surface area contributed by atoms with Gasteiger partial charge >= 0.3 is 5.97 Å². The number of hydrogen-bond acceptors (Lipinski definition) is 10. The van der Waals surface area contributed by atoms with Gasteiger partial charge in [0.25, 0.3) is 5.91 Å². The van der Waals surface area contributed by atoms with E-state index in [0.29, 0.717) is 0 Å². The lowest BCUT2D eigenvalue weighted by Crippen LogP contribution is -2.66. The zero-order chi connectivity index (χ0) is 25.4. The first-order chi connectivity index (χ1) is 15.9. The van der Waals surface area contributed by atoms with Gasteiger partial charge in [-0.3, -0.25) is 9.59 Å². The summed E-state index contributed by atoms with van der Waals surface area (Å²) in [5.74, 6) is -3.79. The molecule has 1 fully saturated rings. The van der Waals surface area contributed by atoms with E-state index in [4.69, 9.17) is 4.74 Å². The number of ether oxygens (including phenoxy) is 1. The number of benzene rings is 1. The van der Waals surface area contributed by atoms with Crippen molar-refractivity contribution in [2.45, 2.75) is 56.2 Å². The van der Waals surface area contributed by atoms with Crippen LogP contribution in [0.1, 0.15) is 32.8 Å². The van der Waals surface area contributed by atoms with E-state index in [1.807, 2.05) is 0 Å². The molecule has 2 heterocycles. The van der Waals surface area contributed by atoms with Crippen molar-refractivity contribution in [2.75, 3.05) is 0 Å². The van der Waals surface area contributed by atoms with E-state index in [2.05, 4.69) is 15.5 Å². The lowest BCUT2D eigenvalue weighted by molar-refractivity contribution is -0.161. The molecule has 3 rings (SSSR count). The molecular weight excluding hydrogens is 472 g/mol. The monoisotopic (exact) mass is 496 g/mol. The number of rotatable bonds is 8. The van der Waals surface area contributed by atoms with Crippen LogP contribution in [0.5, 0.6) is 11.5 Å². The van der Waals surface area contributed by atoms with Gasteiger partial charge in [-0.1, -0.05) is 6.07 Å². The summed E-state index contributed by atoms with van der Waals surface area (Å²) in [5.41, 5.74) is 2.19. The molecule has 0 saturated carbocycles. The quantitative estimate of drug-likeness (QED) is 0.100. The maximum atomic E-state index is 12.6. The predicted molar refractivity (Wildman–Crippen MR) is 118 cm³/mol. The Morgan fingerprint density at radius 2 is 2.03 bits per heavy atom. The van der Waals surface area contributed by atoms with Crippen LogP contribution in [0.25, 0.3) is 0 Å². The summed E-state index contributed by atoms with van der Waals surface area (Å²) in [6.07, 6.45) is 0.0681. The number of carbonyl (C=O) groups is 3. The molecular formula is C20H24N4O9S. The standard InChI is InChI=1S/C20H24N4O9S/c1-9-7-13(26)24(9)16(19(29)30)20(3,34(31)32)8-21-23-17(28)14-10(2)33-18(22-14)11-5-4-6-12(25)15(11)27/h4-6,8-10,14,16,25,27,34H,7H2,1-3H3,(H,23,28)(H,29,30)/b21-8+/t9-,10-,14+,16+,20+/m1/s1. The summed E-state index contributed by atoms with van der Waals surface area (Å²) in [6.45, 7) is 4.21. The Bertz CT molecular complexity index is 1160. The van der Waals surface area contributed by atoms with Crippen LogP contribution in [0, 0.1) is 0 Å². The molecule has 0 bridgehead atoms. The number of hydrogen-bond donors (Lipinski definition) is 5. The lowest BCUT2D eigenvalue weighted by atomic mass is 9.92. The molecule has 184 valence electrons. The van der Waals surface area contributed by atoms with Gasteiger partial charge in [-0.15, -0.1) is 0 Å². The van der Waals surface area contributed by atoms with E-state index in [9.17, 15) is 38.1 Å². The number of β-lactam (4-membered cyclic amide) rings is 1. The van der Waals surface area contributed by atoms with E-state index in [1.54, 1.807) is 6.92 Å². The van der Waals surface area contributed by atoms with E-state index >= 15 is 0 Å². The largest absolute Gasteiger partial charge is 0.504 e. The number of phenolic OH excluding ortho intramolecular Hbond substituents is 2. The Hall–Kier alpha value is -3.68. The molecule has 34 heavy (non-hydrogen) atoms. The topological polar surface area (TPSA) is 195 Å². The second-order valence-electron chi connectivity index (χ2n) is 8.19. The number of amides is 2. The van der Waals surface area contributed by atoms with Crippen LogP contribution in [0.3, 0.4) is 0 Å². The van der Waals surface area contributed by atoms with Crippen molar-refractivity contribution in [1.82, 2.24) is 10.3 Å². The molecule has 0 aliphatic carbocycles. The van der Waals surface area contributed by atoms with Crippen molar-refractivity contribution >= 4 is 40.6 Å². The van der Waals surface area contributed by atoms with Gasteiger partial charge in [-0.2, -0.15) is 5.10 Å². The third-order valence-electron chi connectivity index (χ3n) is 5.70. The average molecular weight is 496 g/mol. The zero-order valence-corrected chi connectivity index (χ0v) is 19.3. The van der Waals surface area contributed by atoms with E-state index in [0.717, 1.165) is 18.0 Å². The third-order valence-corrected chi connectivity index (χ3v) is 6.85. The van der Waals surface area contributed by atoms with Crippen molar-refractivity contribution in [3.8, 4) is 11.5 Å². The Kier molecular flexibility index (Phi) is 6.82. The van der Waals surface area contributed by atoms with Crippen LogP contribution >= 0.6 is 0 Å². The zero-order valence-electron chi connectivity index (χ0n) is 18.4. The minimum atomic E-state index is -3.43. The van der Waals surface area contributed by atoms with Crippen molar-refractivity contribution in [2.24, 2.45) is 10.1 Å². The van der Waals surface area contributed by atoms with Crippen LogP contribution in [0.15, 0.2) is 28.3 Å². The van der Waals surface area contributed by atoms with Gasteiger partial charge in [0.2, 0.25) is 11.8 Å². The third kappa shape index (κ3) is 4.40. The number of carboxylic acids is 1. The Morgan fingerprint density at radius 1 is 1.35 bits per heavy atom. The minimum absolute atomic E-state index is 0.0687. The van der Waals surface area contributed by atoms with E-state index in [1.165, 1.54) is 25.1 Å². The summed E-state index contributed by atoms with van der Waals surface area (Å²) >= 11 is 0. The van der Waals surface area contributed by atoms with Gasteiger partial charge in [0, 0.05) is 18.7 Å². The first kappa shape index (κ1) is 25.0. The number of para-hydroxylation sites is 1. The molecule has 0 spiro atoms.